The number of hydrogen-bond donors (Lipinski definition) is 0. The van der Waals surface area contributed by atoms with Crippen LogP contribution in [0.25, 0.3) is 0 Å². The second-order valence-electron chi connectivity index (χ2n) is 8.29. The van der Waals surface area contributed by atoms with Crippen LogP contribution in [0, 0.1) is 11.8 Å². The molecule has 0 N–H and O–H groups in total. The van der Waals surface area contributed by atoms with Crippen LogP contribution in [0.4, 0.5) is 0 Å². The van der Waals surface area contributed by atoms with Crippen molar-refractivity contribution in [2.75, 3.05) is 7.11 Å². The molecular formula is C19H30O4. The summed E-state index contributed by atoms with van der Waals surface area (Å²) >= 11 is 0. The van der Waals surface area contributed by atoms with E-state index in [0.717, 1.165) is 38.5 Å². The van der Waals surface area contributed by atoms with E-state index in [1.54, 1.807) is 14.0 Å². The summed E-state index contributed by atoms with van der Waals surface area (Å²) in [6.45, 7) is 9.54. The number of carbonyl (C=O) groups excluding carboxylic acids is 1. The van der Waals surface area contributed by atoms with Crippen LogP contribution in [0.2, 0.25) is 0 Å². The van der Waals surface area contributed by atoms with E-state index >= 15 is 0 Å². The monoisotopic (exact) mass is 322 g/mol. The first-order valence-corrected chi connectivity index (χ1v) is 8.87. The zero-order valence-electron chi connectivity index (χ0n) is 14.9. The zero-order valence-corrected chi connectivity index (χ0v) is 14.9. The lowest BCUT2D eigenvalue weighted by Crippen LogP contribution is -2.63. The van der Waals surface area contributed by atoms with Crippen LogP contribution in [0.15, 0.2) is 12.2 Å². The van der Waals surface area contributed by atoms with Gasteiger partial charge in [-0.1, -0.05) is 13.5 Å². The van der Waals surface area contributed by atoms with Crippen LogP contribution in [0.3, 0.4) is 0 Å². The third-order valence-corrected chi connectivity index (χ3v) is 6.12. The van der Waals surface area contributed by atoms with Crippen LogP contribution in [-0.2, 0) is 19.0 Å². The SMILES string of the molecule is C=C(C)C(=O)OC12CC3CC(C1)CC(OC(C)(CC)OC)(C3)C2. The quantitative estimate of drug-likeness (QED) is 0.421. The first-order chi connectivity index (χ1) is 10.7. The van der Waals surface area contributed by atoms with Crippen molar-refractivity contribution in [3.63, 3.8) is 0 Å². The molecule has 0 radical (unpaired) electrons. The second kappa shape index (κ2) is 5.59. The number of esters is 1. The summed E-state index contributed by atoms with van der Waals surface area (Å²) in [6.07, 6.45) is 6.92. The van der Waals surface area contributed by atoms with Gasteiger partial charge in [-0.15, -0.1) is 0 Å². The fourth-order valence-electron chi connectivity index (χ4n) is 5.33. The average Bonchev–Trinajstić information content (AvgIpc) is 2.44. The molecule has 4 rings (SSSR count). The Kier molecular flexibility index (Phi) is 4.13. The van der Waals surface area contributed by atoms with E-state index in [2.05, 4.69) is 13.5 Å². The van der Waals surface area contributed by atoms with Crippen molar-refractivity contribution in [2.24, 2.45) is 11.8 Å². The van der Waals surface area contributed by atoms with Gasteiger partial charge in [-0.3, -0.25) is 0 Å². The summed E-state index contributed by atoms with van der Waals surface area (Å²) < 4.78 is 18.2. The van der Waals surface area contributed by atoms with Gasteiger partial charge in [-0.05, 0) is 64.2 Å². The highest BCUT2D eigenvalue weighted by Gasteiger charge is 2.61. The molecule has 4 heteroatoms. The topological polar surface area (TPSA) is 44.8 Å². The van der Waals surface area contributed by atoms with Gasteiger partial charge in [0.1, 0.15) is 5.60 Å². The lowest BCUT2D eigenvalue weighted by molar-refractivity contribution is -0.319. The van der Waals surface area contributed by atoms with Crippen molar-refractivity contribution in [3.8, 4) is 0 Å². The van der Waals surface area contributed by atoms with Gasteiger partial charge < -0.3 is 14.2 Å². The Balaban J connectivity index is 1.84. The fraction of sp³-hybridized carbons (Fsp3) is 0.842. The summed E-state index contributed by atoms with van der Waals surface area (Å²) in [5, 5.41) is 0. The van der Waals surface area contributed by atoms with E-state index in [-0.39, 0.29) is 17.2 Å². The molecule has 3 atom stereocenters. The minimum Gasteiger partial charge on any atom is -0.456 e. The van der Waals surface area contributed by atoms with Crippen LogP contribution in [-0.4, -0.2) is 30.1 Å². The van der Waals surface area contributed by atoms with Gasteiger partial charge in [0, 0.05) is 19.1 Å². The van der Waals surface area contributed by atoms with Crippen LogP contribution in [0.1, 0.15) is 65.7 Å². The Morgan fingerprint density at radius 2 is 1.78 bits per heavy atom. The normalized spacial score (nSPS) is 40.7. The van der Waals surface area contributed by atoms with Crippen molar-refractivity contribution in [1.29, 1.82) is 0 Å². The van der Waals surface area contributed by atoms with Gasteiger partial charge in [0.05, 0.1) is 5.60 Å². The Morgan fingerprint density at radius 3 is 2.26 bits per heavy atom. The Morgan fingerprint density at radius 1 is 1.22 bits per heavy atom. The lowest BCUT2D eigenvalue weighted by Gasteiger charge is -2.61. The minimum absolute atomic E-state index is 0.208. The molecule has 4 bridgehead atoms. The lowest BCUT2D eigenvalue weighted by atomic mass is 9.52. The molecule has 4 nitrogen and oxygen atoms in total. The highest BCUT2D eigenvalue weighted by atomic mass is 16.7. The molecule has 4 aliphatic carbocycles. The third-order valence-electron chi connectivity index (χ3n) is 6.12. The first kappa shape index (κ1) is 17.0. The number of methoxy groups -OCH3 is 1. The Labute approximate surface area is 139 Å². The Bertz CT molecular complexity index is 491. The Hall–Kier alpha value is -0.870. The summed E-state index contributed by atoms with van der Waals surface area (Å²) in [6, 6.07) is 0. The maximum atomic E-state index is 12.1. The molecular weight excluding hydrogens is 292 g/mol. The second-order valence-corrected chi connectivity index (χ2v) is 8.29. The van der Waals surface area contributed by atoms with E-state index in [4.69, 9.17) is 14.2 Å². The summed E-state index contributed by atoms with van der Waals surface area (Å²) in [5.41, 5.74) is -0.0890. The first-order valence-electron chi connectivity index (χ1n) is 8.87. The molecule has 23 heavy (non-hydrogen) atoms. The van der Waals surface area contributed by atoms with E-state index < -0.39 is 5.79 Å². The van der Waals surface area contributed by atoms with Crippen molar-refractivity contribution < 1.29 is 19.0 Å². The molecule has 3 unspecified atom stereocenters. The molecule has 0 spiro atoms. The van der Waals surface area contributed by atoms with Crippen molar-refractivity contribution in [3.05, 3.63) is 12.2 Å². The van der Waals surface area contributed by atoms with Gasteiger partial charge >= 0.3 is 5.97 Å². The molecule has 4 saturated carbocycles. The minimum atomic E-state index is -0.564. The molecule has 0 aliphatic heterocycles. The summed E-state index contributed by atoms with van der Waals surface area (Å²) in [5.74, 6) is 0.358. The zero-order chi connectivity index (χ0) is 16.9. The maximum absolute atomic E-state index is 12.1. The van der Waals surface area contributed by atoms with Crippen LogP contribution >= 0.6 is 0 Å². The molecule has 130 valence electrons. The van der Waals surface area contributed by atoms with E-state index in [1.165, 1.54) is 6.42 Å². The highest BCUT2D eigenvalue weighted by molar-refractivity contribution is 5.87. The number of rotatable bonds is 6. The van der Waals surface area contributed by atoms with Gasteiger partial charge in [-0.2, -0.15) is 0 Å². The molecule has 0 saturated heterocycles. The van der Waals surface area contributed by atoms with Gasteiger partial charge in [0.25, 0.3) is 0 Å². The van der Waals surface area contributed by atoms with Crippen molar-refractivity contribution >= 4 is 5.97 Å². The smallest absolute Gasteiger partial charge is 0.333 e. The van der Waals surface area contributed by atoms with Gasteiger partial charge in [0.2, 0.25) is 0 Å². The average molecular weight is 322 g/mol. The molecule has 4 fully saturated rings. The summed E-state index contributed by atoms with van der Waals surface area (Å²) in [4.78, 5) is 12.1. The molecule has 0 aromatic heterocycles. The van der Waals surface area contributed by atoms with Crippen LogP contribution in [0.5, 0.6) is 0 Å². The number of carbonyl (C=O) groups is 1. The van der Waals surface area contributed by atoms with Crippen molar-refractivity contribution in [2.45, 2.75) is 82.7 Å². The van der Waals surface area contributed by atoms with E-state index in [9.17, 15) is 4.79 Å². The highest BCUT2D eigenvalue weighted by Crippen LogP contribution is 2.61. The maximum Gasteiger partial charge on any atom is 0.333 e. The predicted octanol–water partition coefficient (Wildman–Crippen LogP) is 3.99. The number of ether oxygens (including phenoxy) is 3. The standard InChI is InChI=1S/C19H30O4/c1-6-17(4,21-5)23-19-10-14-7-15(11-19)9-18(8-14,12-19)22-16(20)13(2)3/h14-15H,2,6-12H2,1,3-5H3. The molecule has 0 heterocycles. The fourth-order valence-corrected chi connectivity index (χ4v) is 5.33. The largest absolute Gasteiger partial charge is 0.456 e. The predicted molar refractivity (Wildman–Crippen MR) is 87.8 cm³/mol. The van der Waals surface area contributed by atoms with Gasteiger partial charge in [0.15, 0.2) is 5.79 Å². The van der Waals surface area contributed by atoms with E-state index in [1.807, 2.05) is 6.92 Å². The van der Waals surface area contributed by atoms with Crippen molar-refractivity contribution in [1.82, 2.24) is 0 Å². The van der Waals surface area contributed by atoms with E-state index in [0.29, 0.717) is 17.4 Å². The third kappa shape index (κ3) is 3.08. The molecule has 0 amide bonds. The molecule has 4 aliphatic rings. The molecule has 0 aromatic rings. The number of hydrogen-bond acceptors (Lipinski definition) is 4. The van der Waals surface area contributed by atoms with Crippen LogP contribution < -0.4 is 0 Å². The summed E-state index contributed by atoms with van der Waals surface area (Å²) in [7, 11) is 1.71. The molecule has 0 aromatic carbocycles. The van der Waals surface area contributed by atoms with Gasteiger partial charge in [-0.25, -0.2) is 4.79 Å².